The molecule has 2 rings (SSSR count). The Bertz CT molecular complexity index is 589. The first kappa shape index (κ1) is 16.2. The van der Waals surface area contributed by atoms with E-state index < -0.39 is 6.10 Å². The van der Waals surface area contributed by atoms with Crippen molar-refractivity contribution in [2.75, 3.05) is 0 Å². The lowest BCUT2D eigenvalue weighted by Crippen LogP contribution is -2.34. The highest BCUT2D eigenvalue weighted by Crippen LogP contribution is 2.24. The normalized spacial score (nSPS) is 15.5. The van der Waals surface area contributed by atoms with Crippen LogP contribution in [0, 0.1) is 0 Å². The van der Waals surface area contributed by atoms with Crippen LogP contribution in [0.25, 0.3) is 0 Å². The van der Waals surface area contributed by atoms with Crippen LogP contribution in [0.2, 0.25) is 10.2 Å². The summed E-state index contributed by atoms with van der Waals surface area (Å²) in [6.07, 6.45) is 1.03. The smallest absolute Gasteiger partial charge is 0.133 e. The van der Waals surface area contributed by atoms with Crippen LogP contribution in [0.3, 0.4) is 0 Å². The number of pyridine rings is 1. The standard InChI is InChI=1S/C16H18Cl2N2O/c1-10(14-4-3-9-19-16(14)18)20-11(2)15(21)12-5-7-13(17)8-6-12/h3-11,15,20-21H,1-2H3. The SMILES string of the molecule is CC(NC(C)C(O)c1ccc(Cl)cc1)c1cccnc1Cl. The molecule has 1 aromatic heterocycles. The monoisotopic (exact) mass is 324 g/mol. The summed E-state index contributed by atoms with van der Waals surface area (Å²) in [6.45, 7) is 3.92. The summed E-state index contributed by atoms with van der Waals surface area (Å²) in [6, 6.07) is 10.8. The molecule has 1 aromatic carbocycles. The molecule has 0 saturated carbocycles. The van der Waals surface area contributed by atoms with Crippen LogP contribution < -0.4 is 5.32 Å². The number of aliphatic hydroxyl groups is 1. The average molecular weight is 325 g/mol. The van der Waals surface area contributed by atoms with Crippen LogP contribution in [0.1, 0.15) is 37.1 Å². The molecule has 0 spiro atoms. The molecule has 2 aromatic rings. The Hall–Kier alpha value is -1.13. The van der Waals surface area contributed by atoms with E-state index in [0.29, 0.717) is 10.2 Å². The van der Waals surface area contributed by atoms with Gasteiger partial charge in [-0.15, -0.1) is 0 Å². The third kappa shape index (κ3) is 4.17. The second-order valence-electron chi connectivity index (χ2n) is 5.06. The van der Waals surface area contributed by atoms with Crippen molar-refractivity contribution in [3.8, 4) is 0 Å². The summed E-state index contributed by atoms with van der Waals surface area (Å²) in [5, 5.41) is 14.9. The Labute approximate surface area is 134 Å². The molecule has 0 aliphatic rings. The predicted octanol–water partition coefficient (Wildman–Crippen LogP) is 4.16. The minimum absolute atomic E-state index is 0.0110. The maximum atomic E-state index is 10.4. The fraction of sp³-hybridized carbons (Fsp3) is 0.312. The van der Waals surface area contributed by atoms with Gasteiger partial charge in [0.1, 0.15) is 5.15 Å². The van der Waals surface area contributed by atoms with Crippen LogP contribution in [0.5, 0.6) is 0 Å². The van der Waals surface area contributed by atoms with E-state index in [9.17, 15) is 5.11 Å². The first-order chi connectivity index (χ1) is 9.99. The van der Waals surface area contributed by atoms with E-state index in [0.717, 1.165) is 11.1 Å². The highest BCUT2D eigenvalue weighted by Gasteiger charge is 2.20. The quantitative estimate of drug-likeness (QED) is 0.811. The number of nitrogens with one attached hydrogen (secondary N) is 1. The molecule has 0 saturated heterocycles. The minimum Gasteiger partial charge on any atom is -0.387 e. The number of hydrogen-bond acceptors (Lipinski definition) is 3. The van der Waals surface area contributed by atoms with Crippen molar-refractivity contribution >= 4 is 23.2 Å². The van der Waals surface area contributed by atoms with E-state index >= 15 is 0 Å². The van der Waals surface area contributed by atoms with Gasteiger partial charge in [-0.2, -0.15) is 0 Å². The van der Waals surface area contributed by atoms with Crippen molar-refractivity contribution < 1.29 is 5.11 Å². The molecule has 21 heavy (non-hydrogen) atoms. The summed E-state index contributed by atoms with van der Waals surface area (Å²) in [5.41, 5.74) is 1.73. The van der Waals surface area contributed by atoms with Gasteiger partial charge < -0.3 is 10.4 Å². The molecule has 3 nitrogen and oxygen atoms in total. The molecule has 0 bridgehead atoms. The van der Waals surface area contributed by atoms with Gasteiger partial charge in [0, 0.05) is 28.9 Å². The molecule has 0 aliphatic heterocycles. The van der Waals surface area contributed by atoms with Crippen LogP contribution in [-0.4, -0.2) is 16.1 Å². The number of halogens is 2. The third-order valence-corrected chi connectivity index (χ3v) is 4.02. The van der Waals surface area contributed by atoms with Crippen molar-refractivity contribution in [1.29, 1.82) is 0 Å². The van der Waals surface area contributed by atoms with Crippen molar-refractivity contribution in [3.05, 3.63) is 63.9 Å². The maximum absolute atomic E-state index is 10.4. The van der Waals surface area contributed by atoms with Crippen LogP contribution in [0.15, 0.2) is 42.6 Å². The summed E-state index contributed by atoms with van der Waals surface area (Å²) in [5.74, 6) is 0. The molecule has 0 radical (unpaired) electrons. The topological polar surface area (TPSA) is 45.1 Å². The van der Waals surface area contributed by atoms with Crippen LogP contribution in [0.4, 0.5) is 0 Å². The van der Waals surface area contributed by atoms with Gasteiger partial charge in [-0.25, -0.2) is 4.98 Å². The molecule has 112 valence electrons. The Morgan fingerprint density at radius 2 is 1.76 bits per heavy atom. The summed E-state index contributed by atoms with van der Waals surface area (Å²) < 4.78 is 0. The average Bonchev–Trinajstić information content (AvgIpc) is 2.47. The van der Waals surface area contributed by atoms with E-state index in [1.165, 1.54) is 0 Å². The van der Waals surface area contributed by atoms with Crippen LogP contribution in [-0.2, 0) is 0 Å². The second kappa shape index (κ2) is 7.23. The highest BCUT2D eigenvalue weighted by molar-refractivity contribution is 6.30. The zero-order valence-corrected chi connectivity index (χ0v) is 13.4. The zero-order valence-electron chi connectivity index (χ0n) is 11.9. The molecule has 3 atom stereocenters. The van der Waals surface area contributed by atoms with Crippen LogP contribution >= 0.6 is 23.2 Å². The van der Waals surface area contributed by atoms with Gasteiger partial charge in [0.2, 0.25) is 0 Å². The van der Waals surface area contributed by atoms with Gasteiger partial charge in [0.05, 0.1) is 6.10 Å². The molecule has 3 unspecified atom stereocenters. The highest BCUT2D eigenvalue weighted by atomic mass is 35.5. The van der Waals surface area contributed by atoms with Gasteiger partial charge in [-0.05, 0) is 37.6 Å². The number of hydrogen-bond donors (Lipinski definition) is 2. The van der Waals surface area contributed by atoms with Gasteiger partial charge in [-0.3, -0.25) is 0 Å². The second-order valence-corrected chi connectivity index (χ2v) is 5.85. The van der Waals surface area contributed by atoms with E-state index in [1.54, 1.807) is 18.3 Å². The zero-order chi connectivity index (χ0) is 15.4. The number of rotatable bonds is 5. The molecular formula is C16H18Cl2N2O. The van der Waals surface area contributed by atoms with Crippen molar-refractivity contribution in [2.45, 2.75) is 32.0 Å². The molecule has 1 heterocycles. The fourth-order valence-electron chi connectivity index (χ4n) is 2.25. The van der Waals surface area contributed by atoms with E-state index in [4.69, 9.17) is 23.2 Å². The summed E-state index contributed by atoms with van der Waals surface area (Å²) in [7, 11) is 0. The minimum atomic E-state index is -0.625. The lowest BCUT2D eigenvalue weighted by Gasteiger charge is -2.25. The molecule has 5 heteroatoms. The van der Waals surface area contributed by atoms with Gasteiger partial charge >= 0.3 is 0 Å². The number of aromatic nitrogens is 1. The number of aliphatic hydroxyl groups excluding tert-OH is 1. The Morgan fingerprint density at radius 1 is 1.10 bits per heavy atom. The van der Waals surface area contributed by atoms with Crippen molar-refractivity contribution in [2.24, 2.45) is 0 Å². The van der Waals surface area contributed by atoms with Gasteiger partial charge in [0.15, 0.2) is 0 Å². The van der Waals surface area contributed by atoms with E-state index in [-0.39, 0.29) is 12.1 Å². The number of benzene rings is 1. The molecular weight excluding hydrogens is 307 g/mol. The van der Waals surface area contributed by atoms with Gasteiger partial charge in [0.25, 0.3) is 0 Å². The van der Waals surface area contributed by atoms with E-state index in [2.05, 4.69) is 10.3 Å². The molecule has 0 aliphatic carbocycles. The Balaban J connectivity index is 2.05. The molecule has 0 amide bonds. The van der Waals surface area contributed by atoms with Gasteiger partial charge in [-0.1, -0.05) is 41.4 Å². The fourth-order valence-corrected chi connectivity index (χ4v) is 2.65. The Kier molecular flexibility index (Phi) is 5.59. The molecule has 0 fully saturated rings. The molecule has 2 N–H and O–H groups in total. The summed E-state index contributed by atoms with van der Waals surface area (Å²) >= 11 is 11.9. The maximum Gasteiger partial charge on any atom is 0.133 e. The third-order valence-electron chi connectivity index (χ3n) is 3.45. The Morgan fingerprint density at radius 3 is 2.38 bits per heavy atom. The van der Waals surface area contributed by atoms with E-state index in [1.807, 2.05) is 38.1 Å². The largest absolute Gasteiger partial charge is 0.387 e. The first-order valence-corrected chi connectivity index (χ1v) is 7.54. The lowest BCUT2D eigenvalue weighted by molar-refractivity contribution is 0.130. The lowest BCUT2D eigenvalue weighted by atomic mass is 10.0. The predicted molar refractivity (Wildman–Crippen MR) is 86.7 cm³/mol. The number of nitrogens with zero attached hydrogens (tertiary/aromatic N) is 1. The first-order valence-electron chi connectivity index (χ1n) is 6.79. The summed E-state index contributed by atoms with van der Waals surface area (Å²) in [4.78, 5) is 4.07. The van der Waals surface area contributed by atoms with Crippen molar-refractivity contribution in [3.63, 3.8) is 0 Å². The van der Waals surface area contributed by atoms with Crippen molar-refractivity contribution in [1.82, 2.24) is 10.3 Å².